The number of nitrogens with one attached hydrogen (secondary N) is 1. The molecule has 0 heterocycles. The first kappa shape index (κ1) is 15.0. The first-order valence-electron chi connectivity index (χ1n) is 4.91. The maximum atomic E-state index is 11.8. The van der Waals surface area contributed by atoms with E-state index in [0.717, 1.165) is 13.0 Å². The zero-order valence-corrected chi connectivity index (χ0v) is 10.8. The van der Waals surface area contributed by atoms with Gasteiger partial charge in [0.05, 0.1) is 13.7 Å². The van der Waals surface area contributed by atoms with E-state index in [-0.39, 0.29) is 0 Å². The van der Waals surface area contributed by atoms with Crippen LogP contribution in [0.1, 0.15) is 13.3 Å². The molecule has 0 aliphatic carbocycles. The van der Waals surface area contributed by atoms with Crippen molar-refractivity contribution in [3.63, 3.8) is 0 Å². The highest BCUT2D eigenvalue weighted by Gasteiger charge is 2.24. The van der Waals surface area contributed by atoms with Gasteiger partial charge in [0.2, 0.25) is 0 Å². The van der Waals surface area contributed by atoms with Gasteiger partial charge in [0.1, 0.15) is 0 Å². The summed E-state index contributed by atoms with van der Waals surface area (Å²) in [6, 6.07) is 0. The van der Waals surface area contributed by atoms with Crippen molar-refractivity contribution in [3.8, 4) is 0 Å². The minimum atomic E-state index is -3.27. The molecule has 1 unspecified atom stereocenters. The van der Waals surface area contributed by atoms with Gasteiger partial charge in [0, 0.05) is 6.54 Å². The second-order valence-corrected chi connectivity index (χ2v) is 4.94. The highest BCUT2D eigenvalue weighted by molar-refractivity contribution is 7.51. The third-order valence-corrected chi connectivity index (χ3v) is 3.11. The van der Waals surface area contributed by atoms with Crippen LogP contribution in [-0.2, 0) is 18.7 Å². The molecule has 0 aromatic carbocycles. The van der Waals surface area contributed by atoms with Crippen molar-refractivity contribution in [1.29, 1.82) is 0 Å². The SMILES string of the molecule is CCOP(=O)(NCCCN(C)C)OOC. The van der Waals surface area contributed by atoms with Gasteiger partial charge in [-0.3, -0.25) is 4.52 Å². The molecule has 0 aliphatic heterocycles. The molecule has 0 aromatic rings. The zero-order valence-electron chi connectivity index (χ0n) is 9.86. The van der Waals surface area contributed by atoms with Crippen LogP contribution in [0.5, 0.6) is 0 Å². The van der Waals surface area contributed by atoms with Crippen molar-refractivity contribution in [1.82, 2.24) is 9.99 Å². The molecule has 0 amide bonds. The van der Waals surface area contributed by atoms with Crippen molar-refractivity contribution in [2.45, 2.75) is 13.3 Å². The van der Waals surface area contributed by atoms with Crippen LogP contribution >= 0.6 is 7.75 Å². The Hall–Kier alpha value is 0.0300. The minimum Gasteiger partial charge on any atom is -0.309 e. The maximum absolute atomic E-state index is 11.8. The first-order valence-corrected chi connectivity index (χ1v) is 6.45. The molecule has 0 bridgehead atoms. The molecule has 7 heteroatoms. The van der Waals surface area contributed by atoms with Gasteiger partial charge < -0.3 is 4.90 Å². The normalized spacial score (nSPS) is 15.5. The Morgan fingerprint density at radius 1 is 1.40 bits per heavy atom. The summed E-state index contributed by atoms with van der Waals surface area (Å²) in [4.78, 5) is 6.42. The van der Waals surface area contributed by atoms with E-state index >= 15 is 0 Å². The summed E-state index contributed by atoms with van der Waals surface area (Å²) in [7, 11) is 1.99. The summed E-state index contributed by atoms with van der Waals surface area (Å²) in [5.41, 5.74) is 0. The summed E-state index contributed by atoms with van der Waals surface area (Å²) in [5, 5.41) is 2.71. The number of nitrogens with zero attached hydrogens (tertiary/aromatic N) is 1. The average molecular weight is 240 g/mol. The number of hydrogen-bond donors (Lipinski definition) is 1. The summed E-state index contributed by atoms with van der Waals surface area (Å²) in [5.74, 6) is 0. The molecule has 0 fully saturated rings. The molecule has 0 radical (unpaired) electrons. The Morgan fingerprint density at radius 3 is 2.53 bits per heavy atom. The predicted molar refractivity (Wildman–Crippen MR) is 58.5 cm³/mol. The van der Waals surface area contributed by atoms with Crippen molar-refractivity contribution < 1.29 is 18.7 Å². The van der Waals surface area contributed by atoms with Crippen LogP contribution in [0.2, 0.25) is 0 Å². The number of hydrogen-bond acceptors (Lipinski definition) is 5. The van der Waals surface area contributed by atoms with E-state index in [0.29, 0.717) is 13.2 Å². The summed E-state index contributed by atoms with van der Waals surface area (Å²) < 4.78 is 21.3. The molecule has 92 valence electrons. The fraction of sp³-hybridized carbons (Fsp3) is 1.00. The van der Waals surface area contributed by atoms with Gasteiger partial charge in [-0.1, -0.05) is 0 Å². The topological polar surface area (TPSA) is 60.0 Å². The van der Waals surface area contributed by atoms with Gasteiger partial charge in [0.25, 0.3) is 0 Å². The van der Waals surface area contributed by atoms with Crippen molar-refractivity contribution >= 4 is 7.75 Å². The number of rotatable bonds is 9. The first-order chi connectivity index (χ1) is 7.04. The third-order valence-electron chi connectivity index (χ3n) is 1.56. The van der Waals surface area contributed by atoms with Crippen LogP contribution in [-0.4, -0.2) is 45.8 Å². The minimum absolute atomic E-state index is 0.307. The van der Waals surface area contributed by atoms with E-state index in [1.165, 1.54) is 7.11 Å². The molecule has 1 atom stereocenters. The lowest BCUT2D eigenvalue weighted by molar-refractivity contribution is -0.189. The largest absolute Gasteiger partial charge is 0.432 e. The van der Waals surface area contributed by atoms with Crippen LogP contribution in [0.3, 0.4) is 0 Å². The van der Waals surface area contributed by atoms with Gasteiger partial charge in [-0.15, -0.1) is 4.67 Å². The smallest absolute Gasteiger partial charge is 0.309 e. The maximum Gasteiger partial charge on any atom is 0.432 e. The molecular weight excluding hydrogens is 219 g/mol. The highest BCUT2D eigenvalue weighted by atomic mass is 31.2. The van der Waals surface area contributed by atoms with Gasteiger partial charge in [-0.05, 0) is 34.0 Å². The van der Waals surface area contributed by atoms with Gasteiger partial charge in [0.15, 0.2) is 0 Å². The predicted octanol–water partition coefficient (Wildman–Crippen LogP) is 1.25. The van der Waals surface area contributed by atoms with Crippen LogP contribution < -0.4 is 5.09 Å². The van der Waals surface area contributed by atoms with Crippen LogP contribution in [0.4, 0.5) is 0 Å². The Morgan fingerprint density at radius 2 is 2.07 bits per heavy atom. The molecular formula is C8H21N2O4P. The van der Waals surface area contributed by atoms with Crippen LogP contribution in [0, 0.1) is 0 Å². The Bertz CT molecular complexity index is 191. The molecule has 0 rings (SSSR count). The standard InChI is InChI=1S/C8H21N2O4P/c1-5-13-15(11,14-12-4)9-7-6-8-10(2)3/h5-8H2,1-4H3,(H,9,11). The van der Waals surface area contributed by atoms with Crippen molar-refractivity contribution in [2.24, 2.45) is 0 Å². The van der Waals surface area contributed by atoms with Gasteiger partial charge in [-0.25, -0.2) is 14.5 Å². The van der Waals surface area contributed by atoms with E-state index in [4.69, 9.17) is 4.52 Å². The summed E-state index contributed by atoms with van der Waals surface area (Å²) in [6.45, 7) is 3.51. The molecule has 0 aromatic heterocycles. The fourth-order valence-corrected chi connectivity index (χ4v) is 2.13. The lowest BCUT2D eigenvalue weighted by atomic mass is 10.4. The average Bonchev–Trinajstić information content (AvgIpc) is 2.13. The second-order valence-electron chi connectivity index (χ2n) is 3.22. The lowest BCUT2D eigenvalue weighted by Gasteiger charge is -2.16. The Labute approximate surface area is 91.4 Å². The summed E-state index contributed by atoms with van der Waals surface area (Å²) in [6.07, 6.45) is 0.858. The molecule has 0 saturated heterocycles. The van der Waals surface area contributed by atoms with Crippen LogP contribution in [0.25, 0.3) is 0 Å². The van der Waals surface area contributed by atoms with Crippen molar-refractivity contribution in [3.05, 3.63) is 0 Å². The Kier molecular flexibility index (Phi) is 8.23. The second kappa shape index (κ2) is 8.21. The molecule has 15 heavy (non-hydrogen) atoms. The molecule has 0 aliphatic rings. The fourth-order valence-electron chi connectivity index (χ4n) is 0.973. The lowest BCUT2D eigenvalue weighted by Crippen LogP contribution is -2.21. The molecule has 1 N–H and O–H groups in total. The van der Waals surface area contributed by atoms with Gasteiger partial charge in [-0.2, -0.15) is 0 Å². The molecule has 0 saturated carbocycles. The van der Waals surface area contributed by atoms with E-state index in [2.05, 4.69) is 14.6 Å². The third kappa shape index (κ3) is 7.90. The van der Waals surface area contributed by atoms with Crippen LogP contribution in [0.15, 0.2) is 0 Å². The van der Waals surface area contributed by atoms with Gasteiger partial charge >= 0.3 is 7.75 Å². The van der Waals surface area contributed by atoms with E-state index in [9.17, 15) is 4.57 Å². The van der Waals surface area contributed by atoms with E-state index in [1.807, 2.05) is 19.0 Å². The van der Waals surface area contributed by atoms with E-state index < -0.39 is 7.75 Å². The monoisotopic (exact) mass is 240 g/mol. The highest BCUT2D eigenvalue weighted by Crippen LogP contribution is 2.43. The van der Waals surface area contributed by atoms with E-state index in [1.54, 1.807) is 6.92 Å². The molecule has 0 spiro atoms. The molecule has 6 nitrogen and oxygen atoms in total. The summed E-state index contributed by atoms with van der Waals surface area (Å²) >= 11 is 0. The Balaban J connectivity index is 3.80. The van der Waals surface area contributed by atoms with Crippen molar-refractivity contribution in [2.75, 3.05) is 40.9 Å². The zero-order chi connectivity index (χ0) is 11.7. The quantitative estimate of drug-likeness (QED) is 0.283.